The molecule has 0 aliphatic carbocycles. The maximum Gasteiger partial charge on any atom is 0.267 e. The van der Waals surface area contributed by atoms with Crippen molar-refractivity contribution in [3.8, 4) is 0 Å². The van der Waals surface area contributed by atoms with Gasteiger partial charge < -0.3 is 4.90 Å². The minimum Gasteiger partial charge on any atom is -0.308 e. The van der Waals surface area contributed by atoms with Gasteiger partial charge in [0.15, 0.2) is 0 Å². The molecule has 126 valence electrons. The Morgan fingerprint density at radius 3 is 2.54 bits per heavy atom. The van der Waals surface area contributed by atoms with Crippen LogP contribution in [-0.4, -0.2) is 34.1 Å². The molecule has 7 heteroatoms. The molecule has 0 unspecified atom stereocenters. The highest BCUT2D eigenvalue weighted by atomic mass is 79.9. The van der Waals surface area contributed by atoms with E-state index in [1.807, 2.05) is 39.0 Å². The second-order valence-electron chi connectivity index (χ2n) is 6.09. The Morgan fingerprint density at radius 1 is 1.21 bits per heavy atom. The van der Waals surface area contributed by atoms with E-state index in [0.717, 1.165) is 15.7 Å². The molecule has 0 saturated carbocycles. The maximum atomic E-state index is 12.9. The number of hydrogen-bond donors (Lipinski definition) is 0. The molecule has 0 N–H and O–H groups in total. The summed E-state index contributed by atoms with van der Waals surface area (Å²) < 4.78 is 1.40. The molecular formula is C17H17BrN2O2S2. The SMILES string of the molecule is CCN1C(=O)/C(=C2/SC(=S)N(CC(C)C)C2=O)c2cc(Br)ccc21. The molecule has 2 amide bonds. The molecule has 2 aliphatic heterocycles. The van der Waals surface area contributed by atoms with Crippen LogP contribution in [0, 0.1) is 5.92 Å². The fraction of sp³-hybridized carbons (Fsp3) is 0.353. The number of nitrogens with zero attached hydrogens (tertiary/aromatic N) is 2. The van der Waals surface area contributed by atoms with Crippen molar-refractivity contribution in [1.29, 1.82) is 0 Å². The zero-order chi connectivity index (χ0) is 17.6. The molecular weight excluding hydrogens is 408 g/mol. The van der Waals surface area contributed by atoms with Crippen molar-refractivity contribution in [3.05, 3.63) is 33.1 Å². The number of anilines is 1. The number of benzene rings is 1. The molecule has 0 aromatic heterocycles. The largest absolute Gasteiger partial charge is 0.308 e. The Balaban J connectivity index is 2.14. The first kappa shape index (κ1) is 17.6. The van der Waals surface area contributed by atoms with E-state index in [0.29, 0.717) is 33.8 Å². The Morgan fingerprint density at radius 2 is 1.92 bits per heavy atom. The number of fused-ring (bicyclic) bond motifs is 1. The first-order chi connectivity index (χ1) is 11.3. The topological polar surface area (TPSA) is 40.6 Å². The fourth-order valence-corrected chi connectivity index (χ4v) is 4.62. The van der Waals surface area contributed by atoms with Gasteiger partial charge in [-0.05, 0) is 31.0 Å². The van der Waals surface area contributed by atoms with Gasteiger partial charge in [-0.1, -0.05) is 53.8 Å². The molecule has 1 aromatic carbocycles. The lowest BCUT2D eigenvalue weighted by Gasteiger charge is -2.16. The number of carbonyl (C=O) groups is 2. The lowest BCUT2D eigenvalue weighted by Crippen LogP contribution is -2.32. The first-order valence-corrected chi connectivity index (χ1v) is 9.76. The highest BCUT2D eigenvalue weighted by molar-refractivity contribution is 9.10. The summed E-state index contributed by atoms with van der Waals surface area (Å²) in [7, 11) is 0. The summed E-state index contributed by atoms with van der Waals surface area (Å²) in [6.07, 6.45) is 0. The number of thiocarbonyl (C=S) groups is 1. The second kappa shape index (κ2) is 6.61. The van der Waals surface area contributed by atoms with Crippen LogP contribution in [0.3, 0.4) is 0 Å². The quantitative estimate of drug-likeness (QED) is 0.542. The molecule has 0 radical (unpaired) electrons. The van der Waals surface area contributed by atoms with Crippen molar-refractivity contribution < 1.29 is 9.59 Å². The number of thioether (sulfide) groups is 1. The smallest absolute Gasteiger partial charge is 0.267 e. The van der Waals surface area contributed by atoms with Gasteiger partial charge in [-0.15, -0.1) is 0 Å². The van der Waals surface area contributed by atoms with Gasteiger partial charge in [0.1, 0.15) is 4.32 Å². The number of carbonyl (C=O) groups excluding carboxylic acids is 2. The number of amides is 2. The predicted molar refractivity (Wildman–Crippen MR) is 106 cm³/mol. The first-order valence-electron chi connectivity index (χ1n) is 7.74. The summed E-state index contributed by atoms with van der Waals surface area (Å²) in [5.41, 5.74) is 2.10. The molecule has 1 aromatic rings. The fourth-order valence-electron chi connectivity index (χ4n) is 2.91. The lowest BCUT2D eigenvalue weighted by atomic mass is 10.1. The lowest BCUT2D eigenvalue weighted by molar-refractivity contribution is -0.122. The molecule has 0 atom stereocenters. The van der Waals surface area contributed by atoms with Crippen LogP contribution in [0.25, 0.3) is 5.57 Å². The minimum absolute atomic E-state index is 0.129. The third kappa shape index (κ3) is 2.82. The summed E-state index contributed by atoms with van der Waals surface area (Å²) in [4.78, 5) is 29.5. The van der Waals surface area contributed by atoms with E-state index in [-0.39, 0.29) is 11.8 Å². The van der Waals surface area contributed by atoms with E-state index in [9.17, 15) is 9.59 Å². The minimum atomic E-state index is -0.161. The van der Waals surface area contributed by atoms with Gasteiger partial charge in [0.2, 0.25) is 0 Å². The Bertz CT molecular complexity index is 789. The zero-order valence-corrected chi connectivity index (χ0v) is 16.8. The van der Waals surface area contributed by atoms with Gasteiger partial charge in [0.05, 0.1) is 16.2 Å². The van der Waals surface area contributed by atoms with Crippen LogP contribution in [0.4, 0.5) is 5.69 Å². The molecule has 0 bridgehead atoms. The van der Waals surface area contributed by atoms with Gasteiger partial charge in [0.25, 0.3) is 11.8 Å². The summed E-state index contributed by atoms with van der Waals surface area (Å²) in [5.74, 6) is 0.0197. The van der Waals surface area contributed by atoms with Crippen molar-refractivity contribution in [1.82, 2.24) is 4.90 Å². The average molecular weight is 425 g/mol. The van der Waals surface area contributed by atoms with Crippen LogP contribution < -0.4 is 4.90 Å². The zero-order valence-electron chi connectivity index (χ0n) is 13.6. The van der Waals surface area contributed by atoms with Crippen molar-refractivity contribution in [2.75, 3.05) is 18.0 Å². The van der Waals surface area contributed by atoms with Gasteiger partial charge in [-0.3, -0.25) is 14.5 Å². The third-order valence-corrected chi connectivity index (χ3v) is 5.86. The molecule has 24 heavy (non-hydrogen) atoms. The molecule has 0 spiro atoms. The van der Waals surface area contributed by atoms with E-state index in [1.54, 1.807) is 9.80 Å². The van der Waals surface area contributed by atoms with Crippen LogP contribution in [0.5, 0.6) is 0 Å². The van der Waals surface area contributed by atoms with Crippen molar-refractivity contribution in [2.45, 2.75) is 20.8 Å². The molecule has 2 heterocycles. The number of hydrogen-bond acceptors (Lipinski definition) is 4. The van der Waals surface area contributed by atoms with Gasteiger partial charge in [-0.25, -0.2) is 0 Å². The van der Waals surface area contributed by atoms with E-state index in [1.165, 1.54) is 11.8 Å². The summed E-state index contributed by atoms with van der Waals surface area (Å²) in [5, 5.41) is 0. The number of halogens is 1. The van der Waals surface area contributed by atoms with E-state index < -0.39 is 0 Å². The van der Waals surface area contributed by atoms with Crippen LogP contribution >= 0.6 is 39.9 Å². The van der Waals surface area contributed by atoms with Crippen LogP contribution in [0.2, 0.25) is 0 Å². The van der Waals surface area contributed by atoms with Crippen LogP contribution in [-0.2, 0) is 9.59 Å². The Labute approximate surface area is 159 Å². The van der Waals surface area contributed by atoms with Crippen molar-refractivity contribution in [3.63, 3.8) is 0 Å². The van der Waals surface area contributed by atoms with Crippen molar-refractivity contribution in [2.24, 2.45) is 5.92 Å². The third-order valence-electron chi connectivity index (χ3n) is 3.92. The normalized spacial score (nSPS) is 20.6. The van der Waals surface area contributed by atoms with Gasteiger partial charge >= 0.3 is 0 Å². The highest BCUT2D eigenvalue weighted by Gasteiger charge is 2.41. The molecule has 4 nitrogen and oxygen atoms in total. The number of likely N-dealkylation sites (N-methyl/N-ethyl adjacent to an activating group) is 1. The van der Waals surface area contributed by atoms with Crippen LogP contribution in [0.1, 0.15) is 26.3 Å². The molecule has 3 rings (SSSR count). The molecule has 1 saturated heterocycles. The van der Waals surface area contributed by atoms with E-state index in [4.69, 9.17) is 12.2 Å². The monoisotopic (exact) mass is 424 g/mol. The van der Waals surface area contributed by atoms with Gasteiger partial charge in [-0.2, -0.15) is 0 Å². The van der Waals surface area contributed by atoms with E-state index >= 15 is 0 Å². The highest BCUT2D eigenvalue weighted by Crippen LogP contribution is 2.45. The standard InChI is InChI=1S/C17H17BrN2O2S2/c1-4-19-12-6-5-10(18)7-11(12)13(15(19)21)14-16(22)20(8-9(2)3)17(23)24-14/h5-7,9H,4,8H2,1-3H3/b14-13+. The summed E-state index contributed by atoms with van der Waals surface area (Å²) >= 11 is 10.1. The summed E-state index contributed by atoms with van der Waals surface area (Å²) in [6.45, 7) is 7.13. The Hall–Kier alpha value is -1.18. The average Bonchev–Trinajstić information content (AvgIpc) is 2.93. The second-order valence-corrected chi connectivity index (χ2v) is 8.65. The predicted octanol–water partition coefficient (Wildman–Crippen LogP) is 4.04. The Kier molecular flexibility index (Phi) is 4.86. The number of rotatable bonds is 3. The van der Waals surface area contributed by atoms with Crippen LogP contribution in [0.15, 0.2) is 27.6 Å². The van der Waals surface area contributed by atoms with E-state index in [2.05, 4.69) is 15.9 Å². The molecule has 2 aliphatic rings. The maximum absolute atomic E-state index is 12.9. The van der Waals surface area contributed by atoms with Gasteiger partial charge in [0, 0.05) is 23.1 Å². The molecule has 1 fully saturated rings. The van der Waals surface area contributed by atoms with Crippen molar-refractivity contribution >= 4 is 67.3 Å². The summed E-state index contributed by atoms with van der Waals surface area (Å²) in [6, 6.07) is 5.71.